The van der Waals surface area contributed by atoms with Crippen molar-refractivity contribution in [2.45, 2.75) is 31.8 Å². The van der Waals surface area contributed by atoms with Gasteiger partial charge in [0.05, 0.1) is 4.92 Å². The lowest BCUT2D eigenvalue weighted by Gasteiger charge is -2.35. The van der Waals surface area contributed by atoms with E-state index in [2.05, 4.69) is 10.3 Å². The average Bonchev–Trinajstić information content (AvgIpc) is 2.26. The Hall–Kier alpha value is -1.66. The highest BCUT2D eigenvalue weighted by atomic mass is 16.6. The van der Waals surface area contributed by atoms with Crippen LogP contribution in [0.15, 0.2) is 18.2 Å². The van der Waals surface area contributed by atoms with Crippen LogP contribution in [0.25, 0.3) is 0 Å². The van der Waals surface area contributed by atoms with Crippen LogP contribution in [-0.2, 0) is 6.54 Å². The Morgan fingerprint density at radius 3 is 2.78 bits per heavy atom. The van der Waals surface area contributed by atoms with Gasteiger partial charge in [-0.1, -0.05) is 18.6 Å². The Labute approximate surface area is 106 Å². The van der Waals surface area contributed by atoms with Gasteiger partial charge in [-0.25, -0.2) is 0 Å². The van der Waals surface area contributed by atoms with Crippen molar-refractivity contribution in [1.29, 1.82) is 0 Å². The van der Waals surface area contributed by atoms with E-state index in [1.807, 2.05) is 13.1 Å². The maximum absolute atomic E-state index is 10.9. The Morgan fingerprint density at radius 1 is 1.56 bits per heavy atom. The van der Waals surface area contributed by atoms with Crippen LogP contribution in [-0.4, -0.2) is 22.9 Å². The molecule has 6 heteroatoms. The lowest BCUT2D eigenvalue weighted by Crippen LogP contribution is -2.36. The van der Waals surface area contributed by atoms with E-state index in [1.165, 1.54) is 25.3 Å². The van der Waals surface area contributed by atoms with Gasteiger partial charge in [0.25, 0.3) is 5.69 Å². The van der Waals surface area contributed by atoms with Crippen LogP contribution in [0.1, 0.15) is 24.8 Å². The summed E-state index contributed by atoms with van der Waals surface area (Å²) >= 11 is 0. The molecule has 1 aromatic carbocycles. The van der Waals surface area contributed by atoms with Crippen molar-refractivity contribution in [3.63, 3.8) is 0 Å². The van der Waals surface area contributed by atoms with Crippen LogP contribution >= 0.6 is 0 Å². The number of nitro groups is 1. The van der Waals surface area contributed by atoms with Crippen molar-refractivity contribution in [2.24, 2.45) is 5.84 Å². The van der Waals surface area contributed by atoms with E-state index in [4.69, 9.17) is 5.84 Å². The quantitative estimate of drug-likeness (QED) is 0.473. The van der Waals surface area contributed by atoms with E-state index in [1.54, 1.807) is 6.07 Å². The highest BCUT2D eigenvalue weighted by Crippen LogP contribution is 2.30. The predicted octanol–water partition coefficient (Wildman–Crippen LogP) is 1.86. The van der Waals surface area contributed by atoms with Crippen molar-refractivity contribution in [3.8, 4) is 0 Å². The van der Waals surface area contributed by atoms with E-state index in [0.717, 1.165) is 5.56 Å². The number of nitrogens with one attached hydrogen (secondary N) is 1. The zero-order chi connectivity index (χ0) is 13.1. The highest BCUT2D eigenvalue weighted by Gasteiger charge is 2.24. The SMILES string of the molecule is CN(Cc1cccc([N+](=O)[O-])c1NN)C1CCC1. The van der Waals surface area contributed by atoms with Crippen LogP contribution < -0.4 is 11.3 Å². The number of nitrogens with two attached hydrogens (primary N) is 1. The Morgan fingerprint density at radius 2 is 2.28 bits per heavy atom. The summed E-state index contributed by atoms with van der Waals surface area (Å²) in [4.78, 5) is 12.7. The zero-order valence-electron chi connectivity index (χ0n) is 10.4. The van der Waals surface area contributed by atoms with Gasteiger partial charge in [-0.2, -0.15) is 0 Å². The molecule has 0 aromatic heterocycles. The molecule has 1 saturated carbocycles. The summed E-state index contributed by atoms with van der Waals surface area (Å²) in [6, 6.07) is 5.62. The molecule has 0 radical (unpaired) electrons. The molecule has 3 N–H and O–H groups in total. The van der Waals surface area contributed by atoms with E-state index >= 15 is 0 Å². The van der Waals surface area contributed by atoms with E-state index in [9.17, 15) is 10.1 Å². The van der Waals surface area contributed by atoms with E-state index in [0.29, 0.717) is 18.3 Å². The van der Waals surface area contributed by atoms with Crippen molar-refractivity contribution in [1.82, 2.24) is 4.90 Å². The summed E-state index contributed by atoms with van der Waals surface area (Å²) in [7, 11) is 2.04. The molecule has 2 rings (SSSR count). The number of nitrogen functional groups attached to an aromatic ring is 1. The Bertz CT molecular complexity index is 446. The molecule has 0 heterocycles. The second-order valence-corrected chi connectivity index (χ2v) is 4.71. The number of benzene rings is 1. The molecule has 0 unspecified atom stereocenters. The average molecular weight is 250 g/mol. The summed E-state index contributed by atoms with van der Waals surface area (Å²) in [6.45, 7) is 0.672. The largest absolute Gasteiger partial charge is 0.318 e. The van der Waals surface area contributed by atoms with E-state index in [-0.39, 0.29) is 5.69 Å². The van der Waals surface area contributed by atoms with E-state index < -0.39 is 4.92 Å². The van der Waals surface area contributed by atoms with Crippen molar-refractivity contribution < 1.29 is 4.92 Å². The fourth-order valence-corrected chi connectivity index (χ4v) is 2.26. The maximum atomic E-state index is 10.9. The predicted molar refractivity (Wildman–Crippen MR) is 70.0 cm³/mol. The fraction of sp³-hybridized carbons (Fsp3) is 0.500. The summed E-state index contributed by atoms with van der Waals surface area (Å²) in [5.74, 6) is 5.41. The smallest absolute Gasteiger partial charge is 0.293 e. The number of nitro benzene ring substituents is 1. The monoisotopic (exact) mass is 250 g/mol. The molecule has 0 bridgehead atoms. The van der Waals surface area contributed by atoms with Gasteiger partial charge >= 0.3 is 0 Å². The molecule has 0 aliphatic heterocycles. The topological polar surface area (TPSA) is 84.4 Å². The lowest BCUT2D eigenvalue weighted by atomic mass is 9.91. The highest BCUT2D eigenvalue weighted by molar-refractivity contribution is 5.65. The molecule has 0 saturated heterocycles. The zero-order valence-corrected chi connectivity index (χ0v) is 10.4. The molecule has 0 spiro atoms. The van der Waals surface area contributed by atoms with Crippen molar-refractivity contribution in [3.05, 3.63) is 33.9 Å². The van der Waals surface area contributed by atoms with Gasteiger partial charge in [-0.15, -0.1) is 0 Å². The number of anilines is 1. The van der Waals surface area contributed by atoms with Gasteiger partial charge in [-0.05, 0) is 25.5 Å². The second kappa shape index (κ2) is 5.32. The van der Waals surface area contributed by atoms with Gasteiger partial charge in [0.1, 0.15) is 5.69 Å². The van der Waals surface area contributed by atoms with Crippen molar-refractivity contribution >= 4 is 11.4 Å². The molecule has 0 amide bonds. The molecule has 1 aliphatic carbocycles. The third kappa shape index (κ3) is 2.44. The molecule has 1 aromatic rings. The van der Waals surface area contributed by atoms with Gasteiger partial charge in [0, 0.05) is 18.7 Å². The summed E-state index contributed by atoms with van der Waals surface area (Å²) in [5.41, 5.74) is 3.76. The number of para-hydroxylation sites is 1. The second-order valence-electron chi connectivity index (χ2n) is 4.71. The molecule has 6 nitrogen and oxygen atoms in total. The third-order valence-electron chi connectivity index (χ3n) is 3.59. The molecule has 1 aliphatic rings. The van der Waals surface area contributed by atoms with Crippen LogP contribution in [0, 0.1) is 10.1 Å². The van der Waals surface area contributed by atoms with Gasteiger partial charge in [-0.3, -0.25) is 20.9 Å². The van der Waals surface area contributed by atoms with Crippen LogP contribution in [0.2, 0.25) is 0 Å². The minimum Gasteiger partial charge on any atom is -0.318 e. The molecular formula is C12H18N4O2. The van der Waals surface area contributed by atoms with Gasteiger partial charge in [0.2, 0.25) is 0 Å². The lowest BCUT2D eigenvalue weighted by molar-refractivity contribution is -0.384. The molecule has 98 valence electrons. The summed E-state index contributed by atoms with van der Waals surface area (Å²) in [6.07, 6.45) is 3.68. The first-order valence-electron chi connectivity index (χ1n) is 6.06. The number of hydrazine groups is 1. The third-order valence-corrected chi connectivity index (χ3v) is 3.59. The van der Waals surface area contributed by atoms with Crippen molar-refractivity contribution in [2.75, 3.05) is 12.5 Å². The van der Waals surface area contributed by atoms with Crippen LogP contribution in [0.4, 0.5) is 11.4 Å². The minimum absolute atomic E-state index is 0.0250. The maximum Gasteiger partial charge on any atom is 0.293 e. The molecular weight excluding hydrogens is 232 g/mol. The number of hydrogen-bond donors (Lipinski definition) is 2. The fourth-order valence-electron chi connectivity index (χ4n) is 2.26. The standard InChI is InChI=1S/C12H18N4O2/c1-15(10-5-3-6-10)8-9-4-2-7-11(16(17)18)12(9)14-13/h2,4,7,10,14H,3,5-6,8,13H2,1H3. The minimum atomic E-state index is -0.415. The van der Waals surface area contributed by atoms with Crippen LogP contribution in [0.3, 0.4) is 0 Å². The first-order chi connectivity index (χ1) is 8.63. The normalized spacial score (nSPS) is 15.5. The summed E-state index contributed by atoms with van der Waals surface area (Å²) in [5, 5.41) is 10.9. The first kappa shape index (κ1) is 12.8. The molecule has 1 fully saturated rings. The van der Waals surface area contributed by atoms with Crippen LogP contribution in [0.5, 0.6) is 0 Å². The van der Waals surface area contributed by atoms with Gasteiger partial charge in [0.15, 0.2) is 0 Å². The number of rotatable bonds is 5. The number of nitrogens with zero attached hydrogens (tertiary/aromatic N) is 2. The molecule has 18 heavy (non-hydrogen) atoms. The first-order valence-corrected chi connectivity index (χ1v) is 6.06. The summed E-state index contributed by atoms with van der Waals surface area (Å²) < 4.78 is 0. The van der Waals surface area contributed by atoms with Gasteiger partial charge < -0.3 is 5.43 Å². The Kier molecular flexibility index (Phi) is 3.78. The Balaban J connectivity index is 2.20. The number of hydrogen-bond acceptors (Lipinski definition) is 5. The molecule has 0 atom stereocenters.